The monoisotopic (exact) mass is 301 g/mol. The van der Waals surface area contributed by atoms with Gasteiger partial charge in [-0.2, -0.15) is 5.26 Å². The van der Waals surface area contributed by atoms with Gasteiger partial charge in [-0.25, -0.2) is 0 Å². The lowest BCUT2D eigenvalue weighted by atomic mass is 10.0. The summed E-state index contributed by atoms with van der Waals surface area (Å²) in [5.41, 5.74) is 1.02. The molecule has 1 heterocycles. The van der Waals surface area contributed by atoms with Crippen molar-refractivity contribution < 1.29 is 9.59 Å². The van der Waals surface area contributed by atoms with Crippen LogP contribution in [0, 0.1) is 11.3 Å². The Morgan fingerprint density at radius 3 is 2.86 bits per heavy atom. The van der Waals surface area contributed by atoms with Crippen molar-refractivity contribution in [3.63, 3.8) is 0 Å². The molecule has 2 rings (SSSR count). The standard InChI is InChI=1S/C15H15N3O2S/c1-10(19)18-13(15(20)17-7-6-16)8-11-9-21-14-5-3-2-4-12(11)14/h2-5,9,13H,7-8H2,1H3,(H,17,20)(H,18,19). The van der Waals surface area contributed by atoms with Gasteiger partial charge in [0.1, 0.15) is 12.6 Å². The topological polar surface area (TPSA) is 82.0 Å². The van der Waals surface area contributed by atoms with Crippen LogP contribution in [0.5, 0.6) is 0 Å². The van der Waals surface area contributed by atoms with Crippen LogP contribution in [0.15, 0.2) is 29.6 Å². The molecule has 0 aliphatic carbocycles. The summed E-state index contributed by atoms with van der Waals surface area (Å²) in [6.07, 6.45) is 0.404. The first-order valence-corrected chi connectivity index (χ1v) is 7.36. The number of amides is 2. The zero-order valence-corrected chi connectivity index (χ0v) is 12.4. The molecule has 21 heavy (non-hydrogen) atoms. The summed E-state index contributed by atoms with van der Waals surface area (Å²) in [6.45, 7) is 1.30. The predicted octanol–water partition coefficient (Wildman–Crippen LogP) is 1.59. The van der Waals surface area contributed by atoms with Crippen LogP contribution in [0.2, 0.25) is 0 Å². The Bertz CT molecular complexity index is 702. The number of benzene rings is 1. The average Bonchev–Trinajstić information content (AvgIpc) is 2.87. The number of fused-ring (bicyclic) bond motifs is 1. The van der Waals surface area contributed by atoms with E-state index in [9.17, 15) is 9.59 Å². The van der Waals surface area contributed by atoms with Crippen molar-refractivity contribution in [2.45, 2.75) is 19.4 Å². The molecule has 1 aromatic heterocycles. The first-order chi connectivity index (χ1) is 10.1. The second-order valence-corrected chi connectivity index (χ2v) is 5.50. The first kappa shape index (κ1) is 15.0. The average molecular weight is 301 g/mol. The Hall–Kier alpha value is -2.39. The van der Waals surface area contributed by atoms with Gasteiger partial charge in [0.15, 0.2) is 0 Å². The lowest BCUT2D eigenvalue weighted by Crippen LogP contribution is -2.47. The van der Waals surface area contributed by atoms with E-state index in [-0.39, 0.29) is 18.4 Å². The van der Waals surface area contributed by atoms with Gasteiger partial charge in [0.2, 0.25) is 11.8 Å². The highest BCUT2D eigenvalue weighted by Gasteiger charge is 2.21. The predicted molar refractivity (Wildman–Crippen MR) is 81.8 cm³/mol. The maximum atomic E-state index is 12.0. The van der Waals surface area contributed by atoms with Crippen molar-refractivity contribution in [2.24, 2.45) is 0 Å². The highest BCUT2D eigenvalue weighted by Crippen LogP contribution is 2.26. The molecule has 6 heteroatoms. The smallest absolute Gasteiger partial charge is 0.243 e. The van der Waals surface area contributed by atoms with Gasteiger partial charge in [-0.15, -0.1) is 11.3 Å². The van der Waals surface area contributed by atoms with Gasteiger partial charge >= 0.3 is 0 Å². The molecule has 0 saturated carbocycles. The van der Waals surface area contributed by atoms with Crippen molar-refractivity contribution >= 4 is 33.2 Å². The Morgan fingerprint density at radius 1 is 1.38 bits per heavy atom. The molecule has 1 atom stereocenters. The Labute approximate surface area is 126 Å². The first-order valence-electron chi connectivity index (χ1n) is 6.48. The number of thiophene rings is 1. The third-order valence-corrected chi connectivity index (χ3v) is 4.03. The molecule has 0 aliphatic rings. The molecule has 0 spiro atoms. The molecule has 0 bridgehead atoms. The maximum Gasteiger partial charge on any atom is 0.243 e. The van der Waals surface area contributed by atoms with Crippen LogP contribution in [0.25, 0.3) is 10.1 Å². The van der Waals surface area contributed by atoms with Gasteiger partial charge in [0, 0.05) is 18.0 Å². The summed E-state index contributed by atoms with van der Waals surface area (Å²) in [6, 6.07) is 9.11. The van der Waals surface area contributed by atoms with Crippen molar-refractivity contribution in [3.05, 3.63) is 35.2 Å². The molecular weight excluding hydrogens is 286 g/mol. The number of nitrogens with one attached hydrogen (secondary N) is 2. The summed E-state index contributed by atoms with van der Waals surface area (Å²) < 4.78 is 1.14. The van der Waals surface area contributed by atoms with E-state index in [0.717, 1.165) is 15.6 Å². The number of hydrogen-bond donors (Lipinski definition) is 2. The summed E-state index contributed by atoms with van der Waals surface area (Å²) >= 11 is 1.61. The lowest BCUT2D eigenvalue weighted by Gasteiger charge is -2.16. The maximum absolute atomic E-state index is 12.0. The van der Waals surface area contributed by atoms with E-state index >= 15 is 0 Å². The lowest BCUT2D eigenvalue weighted by molar-refractivity contribution is -0.127. The van der Waals surface area contributed by atoms with Crippen LogP contribution >= 0.6 is 11.3 Å². The highest BCUT2D eigenvalue weighted by atomic mass is 32.1. The largest absolute Gasteiger partial charge is 0.344 e. The summed E-state index contributed by atoms with van der Waals surface area (Å²) in [7, 11) is 0. The second kappa shape index (κ2) is 6.86. The van der Waals surface area contributed by atoms with Crippen LogP contribution in [0.1, 0.15) is 12.5 Å². The minimum Gasteiger partial charge on any atom is -0.344 e. The fraction of sp³-hybridized carbons (Fsp3) is 0.267. The molecule has 2 amide bonds. The van der Waals surface area contributed by atoms with Crippen molar-refractivity contribution in [1.82, 2.24) is 10.6 Å². The number of carbonyl (C=O) groups is 2. The van der Waals surface area contributed by atoms with E-state index < -0.39 is 6.04 Å². The van der Waals surface area contributed by atoms with E-state index in [0.29, 0.717) is 6.42 Å². The fourth-order valence-corrected chi connectivity index (χ4v) is 3.09. The third kappa shape index (κ3) is 3.80. The van der Waals surface area contributed by atoms with E-state index in [1.807, 2.05) is 35.7 Å². The third-order valence-electron chi connectivity index (χ3n) is 3.02. The molecular formula is C15H15N3O2S. The minimum atomic E-state index is -0.672. The van der Waals surface area contributed by atoms with E-state index in [4.69, 9.17) is 5.26 Å². The number of rotatable bonds is 5. The Balaban J connectivity index is 2.20. The summed E-state index contributed by atoms with van der Waals surface area (Å²) in [4.78, 5) is 23.3. The van der Waals surface area contributed by atoms with Gasteiger partial charge in [0.05, 0.1) is 6.07 Å². The Morgan fingerprint density at radius 2 is 2.14 bits per heavy atom. The molecule has 0 aliphatic heterocycles. The van der Waals surface area contributed by atoms with Crippen LogP contribution in [0.3, 0.4) is 0 Å². The molecule has 2 aromatic rings. The second-order valence-electron chi connectivity index (χ2n) is 4.59. The highest BCUT2D eigenvalue weighted by molar-refractivity contribution is 7.17. The van der Waals surface area contributed by atoms with Gasteiger partial charge in [-0.3, -0.25) is 9.59 Å². The van der Waals surface area contributed by atoms with Crippen LogP contribution < -0.4 is 10.6 Å². The molecule has 0 saturated heterocycles. The number of nitriles is 1. The van der Waals surface area contributed by atoms with E-state index in [2.05, 4.69) is 10.6 Å². The minimum absolute atomic E-state index is 0.0701. The molecule has 108 valence electrons. The number of nitrogens with zero attached hydrogens (tertiary/aromatic N) is 1. The van der Waals surface area contributed by atoms with Crippen molar-refractivity contribution in [1.29, 1.82) is 5.26 Å². The number of hydrogen-bond acceptors (Lipinski definition) is 4. The van der Waals surface area contributed by atoms with Gasteiger partial charge in [-0.1, -0.05) is 18.2 Å². The van der Waals surface area contributed by atoms with Crippen LogP contribution in [-0.2, 0) is 16.0 Å². The molecule has 5 nitrogen and oxygen atoms in total. The van der Waals surface area contributed by atoms with Crippen molar-refractivity contribution in [3.8, 4) is 6.07 Å². The SMILES string of the molecule is CC(=O)NC(Cc1csc2ccccc12)C(=O)NCC#N. The molecule has 2 N–H and O–H groups in total. The fourth-order valence-electron chi connectivity index (χ4n) is 2.12. The summed E-state index contributed by atoms with van der Waals surface area (Å²) in [5, 5.41) is 16.7. The van der Waals surface area contributed by atoms with Crippen molar-refractivity contribution in [2.75, 3.05) is 6.54 Å². The summed E-state index contributed by atoms with van der Waals surface area (Å²) in [5.74, 6) is -0.617. The zero-order valence-electron chi connectivity index (χ0n) is 11.6. The van der Waals surface area contributed by atoms with Crippen LogP contribution in [0.4, 0.5) is 0 Å². The Kier molecular flexibility index (Phi) is 4.90. The normalized spacial score (nSPS) is 11.6. The van der Waals surface area contributed by atoms with E-state index in [1.54, 1.807) is 11.3 Å². The zero-order chi connectivity index (χ0) is 15.2. The number of carbonyl (C=O) groups excluding carboxylic acids is 2. The van der Waals surface area contributed by atoms with Gasteiger partial charge < -0.3 is 10.6 Å². The quantitative estimate of drug-likeness (QED) is 0.823. The van der Waals surface area contributed by atoms with Gasteiger partial charge in [0.25, 0.3) is 0 Å². The molecule has 1 unspecified atom stereocenters. The molecule has 1 aromatic carbocycles. The van der Waals surface area contributed by atoms with Gasteiger partial charge in [-0.05, 0) is 22.4 Å². The van der Waals surface area contributed by atoms with Crippen LogP contribution in [-0.4, -0.2) is 24.4 Å². The molecule has 0 fully saturated rings. The van der Waals surface area contributed by atoms with E-state index in [1.165, 1.54) is 6.92 Å². The molecule has 0 radical (unpaired) electrons.